The summed E-state index contributed by atoms with van der Waals surface area (Å²) in [6.07, 6.45) is -2.84. The van der Waals surface area contributed by atoms with E-state index < -0.39 is 106 Å². The van der Waals surface area contributed by atoms with Crippen molar-refractivity contribution in [3.05, 3.63) is 23.6 Å². The van der Waals surface area contributed by atoms with Gasteiger partial charge in [-0.05, 0) is 31.8 Å². The highest BCUT2D eigenvalue weighted by Crippen LogP contribution is 2.72. The van der Waals surface area contributed by atoms with Crippen LogP contribution in [-0.4, -0.2) is 59.6 Å². The molecule has 11 heteroatoms. The molecule has 0 aromatic carbocycles. The van der Waals surface area contributed by atoms with Crippen molar-refractivity contribution in [2.45, 2.75) is 84.4 Å². The van der Waals surface area contributed by atoms with Crippen LogP contribution in [0.15, 0.2) is 23.6 Å². The van der Waals surface area contributed by atoms with Crippen molar-refractivity contribution in [2.75, 3.05) is 6.61 Å². The summed E-state index contributed by atoms with van der Waals surface area (Å²) in [6, 6.07) is 0. The molecular formula is C28H33F3O8. The summed E-state index contributed by atoms with van der Waals surface area (Å²) in [5, 5.41) is 0. The van der Waals surface area contributed by atoms with Crippen molar-refractivity contribution in [3.8, 4) is 0 Å². The molecule has 9 atom stereocenters. The van der Waals surface area contributed by atoms with Crippen LogP contribution in [0.4, 0.5) is 13.2 Å². The molecule has 0 radical (unpaired) electrons. The van der Waals surface area contributed by atoms with Gasteiger partial charge in [-0.2, -0.15) is 0 Å². The molecule has 39 heavy (non-hydrogen) atoms. The topological polar surface area (TPSA) is 113 Å². The van der Waals surface area contributed by atoms with Gasteiger partial charge in [0.15, 0.2) is 29.8 Å². The van der Waals surface area contributed by atoms with Gasteiger partial charge in [0.2, 0.25) is 5.78 Å². The summed E-state index contributed by atoms with van der Waals surface area (Å²) in [5.74, 6) is -7.90. The quantitative estimate of drug-likeness (QED) is 0.372. The highest BCUT2D eigenvalue weighted by Gasteiger charge is 2.79. The third kappa shape index (κ3) is 3.82. The fourth-order valence-corrected chi connectivity index (χ4v) is 8.21. The first kappa shape index (κ1) is 29.0. The van der Waals surface area contributed by atoms with Crippen LogP contribution in [0.5, 0.6) is 0 Å². The molecule has 0 heterocycles. The van der Waals surface area contributed by atoms with Crippen LogP contribution in [0.3, 0.4) is 0 Å². The number of ketones is 2. The van der Waals surface area contributed by atoms with Crippen molar-refractivity contribution in [3.63, 3.8) is 0 Å². The zero-order valence-corrected chi connectivity index (χ0v) is 22.8. The lowest BCUT2D eigenvalue weighted by Gasteiger charge is -2.62. The molecule has 4 aliphatic carbocycles. The number of esters is 3. The minimum absolute atomic E-state index is 0.110. The van der Waals surface area contributed by atoms with Crippen LogP contribution in [0, 0.1) is 28.6 Å². The third-order valence-corrected chi connectivity index (χ3v) is 9.64. The minimum atomic E-state index is -2.57. The second-order valence-corrected chi connectivity index (χ2v) is 11.7. The number of rotatable bonds is 5. The molecule has 8 nitrogen and oxygen atoms in total. The minimum Gasteiger partial charge on any atom is -0.459 e. The van der Waals surface area contributed by atoms with E-state index in [1.807, 2.05) is 0 Å². The van der Waals surface area contributed by atoms with Crippen LogP contribution >= 0.6 is 0 Å². The molecule has 0 N–H and O–H groups in total. The van der Waals surface area contributed by atoms with Gasteiger partial charge in [0, 0.05) is 50.0 Å². The monoisotopic (exact) mass is 554 g/mol. The summed E-state index contributed by atoms with van der Waals surface area (Å²) in [5.41, 5.74) is -8.49. The van der Waals surface area contributed by atoms with E-state index in [1.165, 1.54) is 6.92 Å². The van der Waals surface area contributed by atoms with Crippen LogP contribution in [0.25, 0.3) is 0 Å². The molecule has 4 rings (SSSR count). The fourth-order valence-electron chi connectivity index (χ4n) is 8.21. The Kier molecular flexibility index (Phi) is 6.92. The van der Waals surface area contributed by atoms with Crippen molar-refractivity contribution in [2.24, 2.45) is 28.6 Å². The predicted molar refractivity (Wildman–Crippen MR) is 129 cm³/mol. The number of ether oxygens (including phenoxy) is 3. The molecule has 0 aromatic heterocycles. The van der Waals surface area contributed by atoms with Crippen LogP contribution in [0.1, 0.15) is 60.8 Å². The van der Waals surface area contributed by atoms with Gasteiger partial charge in [0.25, 0.3) is 0 Å². The van der Waals surface area contributed by atoms with Crippen molar-refractivity contribution in [1.29, 1.82) is 0 Å². The Labute approximate surface area is 224 Å². The Morgan fingerprint density at radius 2 is 1.69 bits per heavy atom. The van der Waals surface area contributed by atoms with Gasteiger partial charge in [-0.25, -0.2) is 13.2 Å². The normalized spacial score (nSPS) is 42.7. The molecule has 0 bridgehead atoms. The lowest BCUT2D eigenvalue weighted by atomic mass is 9.45. The van der Waals surface area contributed by atoms with Crippen molar-refractivity contribution < 1.29 is 51.4 Å². The van der Waals surface area contributed by atoms with E-state index >= 15 is 13.2 Å². The Morgan fingerprint density at radius 3 is 2.26 bits per heavy atom. The summed E-state index contributed by atoms with van der Waals surface area (Å²) < 4.78 is 65.0. The van der Waals surface area contributed by atoms with Gasteiger partial charge in [-0.15, -0.1) is 0 Å². The molecule has 0 aromatic rings. The van der Waals surface area contributed by atoms with Gasteiger partial charge in [0.05, 0.1) is 5.41 Å². The SMILES string of the molecule is CC(=O)OCC(=O)[C@@]1(OC(C)=O)[C@H](C)C[C@H]2[C@@H]3CC(F)=C4[C@H](F)C(=O)C=C[C@]4(C)[C@@]3(F)[C@@H](OC(C)=O)C[C@@]21C. The van der Waals surface area contributed by atoms with Crippen LogP contribution in [0.2, 0.25) is 0 Å². The molecular weight excluding hydrogens is 521 g/mol. The van der Waals surface area contributed by atoms with E-state index in [2.05, 4.69) is 0 Å². The number of hydrogen-bond acceptors (Lipinski definition) is 8. The molecule has 0 aliphatic heterocycles. The molecule has 0 spiro atoms. The number of alkyl halides is 2. The van der Waals surface area contributed by atoms with E-state index in [0.717, 1.165) is 32.9 Å². The number of fused-ring (bicyclic) bond motifs is 5. The Morgan fingerprint density at radius 1 is 1.05 bits per heavy atom. The Bertz CT molecular complexity index is 1210. The van der Waals surface area contributed by atoms with E-state index in [4.69, 9.17) is 14.2 Å². The number of Topliss-reactive ketones (excluding diaryl/α,β-unsaturated/α-hetero) is 1. The molecule has 4 aliphatic rings. The van der Waals surface area contributed by atoms with Crippen molar-refractivity contribution in [1.82, 2.24) is 0 Å². The summed E-state index contributed by atoms with van der Waals surface area (Å²) in [6.45, 7) is 7.09. The zero-order chi connectivity index (χ0) is 29.3. The third-order valence-electron chi connectivity index (χ3n) is 9.64. The van der Waals surface area contributed by atoms with Crippen molar-refractivity contribution >= 4 is 29.5 Å². The lowest BCUT2D eigenvalue weighted by molar-refractivity contribution is -0.234. The largest absolute Gasteiger partial charge is 0.459 e. The highest BCUT2D eigenvalue weighted by atomic mass is 19.2. The number of carbonyl (C=O) groups excluding carboxylic acids is 5. The lowest BCUT2D eigenvalue weighted by Crippen LogP contribution is -2.71. The number of hydrogen-bond donors (Lipinski definition) is 0. The molecule has 2 saturated carbocycles. The second kappa shape index (κ2) is 9.30. The maximum absolute atomic E-state index is 17.9. The van der Waals surface area contributed by atoms with Gasteiger partial charge >= 0.3 is 17.9 Å². The first-order valence-corrected chi connectivity index (χ1v) is 13.0. The molecule has 2 fully saturated rings. The zero-order valence-electron chi connectivity index (χ0n) is 22.8. The molecule has 0 saturated heterocycles. The van der Waals surface area contributed by atoms with E-state index in [9.17, 15) is 24.0 Å². The maximum atomic E-state index is 17.9. The number of carbonyl (C=O) groups is 5. The average molecular weight is 555 g/mol. The second-order valence-electron chi connectivity index (χ2n) is 11.7. The van der Waals surface area contributed by atoms with Gasteiger partial charge in [0.1, 0.15) is 11.9 Å². The summed E-state index contributed by atoms with van der Waals surface area (Å²) in [4.78, 5) is 62.0. The fraction of sp³-hybridized carbons (Fsp3) is 0.679. The number of halogens is 3. The maximum Gasteiger partial charge on any atom is 0.303 e. The van der Waals surface area contributed by atoms with E-state index in [0.29, 0.717) is 0 Å². The molecule has 0 unspecified atom stereocenters. The standard InChI is InChI=1S/C28H33F3O8/c1-13-9-17-18-10-19(29)23-24(30)20(35)7-8-25(23,5)27(18,31)22(38-15(3)33)11-26(17,6)28(13,39-16(4)34)21(36)12-37-14(2)32/h7-8,13,17-18,22,24H,9-12H2,1-6H3/t13-,17+,18+,22+,24-,25+,26+,27+,28+/m1/s1. The Balaban J connectivity index is 1.95. The first-order valence-electron chi connectivity index (χ1n) is 13.0. The van der Waals surface area contributed by atoms with E-state index in [-0.39, 0.29) is 12.8 Å². The predicted octanol–water partition coefficient (Wildman–Crippen LogP) is 3.85. The van der Waals surface area contributed by atoms with Gasteiger partial charge < -0.3 is 14.2 Å². The smallest absolute Gasteiger partial charge is 0.303 e. The molecule has 0 amide bonds. The summed E-state index contributed by atoms with van der Waals surface area (Å²) >= 11 is 0. The van der Waals surface area contributed by atoms with Crippen LogP contribution in [-0.2, 0) is 38.2 Å². The Hall–Kier alpha value is -2.98. The first-order chi connectivity index (χ1) is 18.0. The van der Waals surface area contributed by atoms with E-state index in [1.54, 1.807) is 13.8 Å². The van der Waals surface area contributed by atoms with Gasteiger partial charge in [-0.3, -0.25) is 24.0 Å². The molecule has 214 valence electrons. The van der Waals surface area contributed by atoms with Gasteiger partial charge in [-0.1, -0.05) is 19.9 Å². The highest BCUT2D eigenvalue weighted by molar-refractivity contribution is 5.98. The number of allylic oxidation sites excluding steroid dienone is 4. The van der Waals surface area contributed by atoms with Crippen LogP contribution < -0.4 is 0 Å². The average Bonchev–Trinajstić information content (AvgIpc) is 3.03. The summed E-state index contributed by atoms with van der Waals surface area (Å²) in [7, 11) is 0.